The molecular formula is C17H18ClNO2. The molecule has 0 aliphatic rings. The molecule has 4 heteroatoms. The van der Waals surface area contributed by atoms with Crippen LogP contribution in [0.4, 0.5) is 0 Å². The fraction of sp³-hybridized carbons (Fsp3) is 0.235. The maximum atomic E-state index is 11.9. The van der Waals surface area contributed by atoms with Gasteiger partial charge in [-0.15, -0.1) is 11.6 Å². The normalized spacial score (nSPS) is 11.7. The molecule has 2 aromatic rings. The lowest BCUT2D eigenvalue weighted by Gasteiger charge is -2.16. The Bertz CT molecular complexity index is 545. The highest BCUT2D eigenvalue weighted by atomic mass is 35.5. The number of ether oxygens (including phenoxy) is 1. The van der Waals surface area contributed by atoms with Gasteiger partial charge in [-0.25, -0.2) is 0 Å². The molecule has 0 fully saturated rings. The molecule has 1 amide bonds. The van der Waals surface area contributed by atoms with E-state index < -0.39 is 0 Å². The first-order chi connectivity index (χ1) is 10.3. The van der Waals surface area contributed by atoms with Crippen LogP contribution in [-0.2, 0) is 11.2 Å². The van der Waals surface area contributed by atoms with E-state index >= 15 is 0 Å². The zero-order valence-corrected chi connectivity index (χ0v) is 12.4. The first kappa shape index (κ1) is 15.4. The maximum Gasteiger partial charge on any atom is 0.258 e. The molecule has 0 radical (unpaired) electrons. The van der Waals surface area contributed by atoms with Gasteiger partial charge in [-0.1, -0.05) is 48.5 Å². The van der Waals surface area contributed by atoms with Gasteiger partial charge >= 0.3 is 0 Å². The van der Waals surface area contributed by atoms with Crippen LogP contribution < -0.4 is 10.1 Å². The highest BCUT2D eigenvalue weighted by Crippen LogP contribution is 2.08. The number of hydrogen-bond acceptors (Lipinski definition) is 2. The number of amides is 1. The minimum Gasteiger partial charge on any atom is -0.484 e. The van der Waals surface area contributed by atoms with Gasteiger partial charge in [0.1, 0.15) is 5.75 Å². The average molecular weight is 304 g/mol. The topological polar surface area (TPSA) is 38.3 Å². The van der Waals surface area contributed by atoms with Crippen LogP contribution in [0.2, 0.25) is 0 Å². The third-order valence-electron chi connectivity index (χ3n) is 2.99. The summed E-state index contributed by atoms with van der Waals surface area (Å²) in [5.74, 6) is 0.880. The van der Waals surface area contributed by atoms with Crippen molar-refractivity contribution in [2.75, 3.05) is 12.5 Å². The van der Waals surface area contributed by atoms with Gasteiger partial charge in [-0.3, -0.25) is 4.79 Å². The molecule has 0 aliphatic heterocycles. The summed E-state index contributed by atoms with van der Waals surface area (Å²) >= 11 is 5.92. The third-order valence-corrected chi connectivity index (χ3v) is 3.36. The fourth-order valence-corrected chi connectivity index (χ4v) is 2.16. The van der Waals surface area contributed by atoms with Crippen molar-refractivity contribution < 1.29 is 9.53 Å². The summed E-state index contributed by atoms with van der Waals surface area (Å²) in [4.78, 5) is 11.9. The minimum absolute atomic E-state index is 0.00775. The summed E-state index contributed by atoms with van der Waals surface area (Å²) in [5, 5.41) is 2.89. The Balaban J connectivity index is 1.80. The second kappa shape index (κ2) is 8.32. The first-order valence-corrected chi connectivity index (χ1v) is 7.38. The molecule has 0 saturated carbocycles. The smallest absolute Gasteiger partial charge is 0.258 e. The van der Waals surface area contributed by atoms with Gasteiger partial charge in [0.15, 0.2) is 6.61 Å². The van der Waals surface area contributed by atoms with E-state index in [0.717, 1.165) is 5.56 Å². The number of hydrogen-bond donors (Lipinski definition) is 1. The number of para-hydroxylation sites is 1. The summed E-state index contributed by atoms with van der Waals surface area (Å²) in [6.07, 6.45) is 0.710. The molecule has 0 aromatic heterocycles. The fourth-order valence-electron chi connectivity index (χ4n) is 1.98. The van der Waals surface area contributed by atoms with Crippen LogP contribution in [0.3, 0.4) is 0 Å². The van der Waals surface area contributed by atoms with E-state index in [0.29, 0.717) is 18.1 Å². The first-order valence-electron chi connectivity index (χ1n) is 6.85. The minimum atomic E-state index is -0.166. The van der Waals surface area contributed by atoms with Crippen LogP contribution in [0, 0.1) is 0 Å². The van der Waals surface area contributed by atoms with E-state index in [-0.39, 0.29) is 18.6 Å². The van der Waals surface area contributed by atoms with Gasteiger partial charge in [0.2, 0.25) is 0 Å². The van der Waals surface area contributed by atoms with E-state index in [9.17, 15) is 4.79 Å². The lowest BCUT2D eigenvalue weighted by molar-refractivity contribution is -0.123. The quantitative estimate of drug-likeness (QED) is 0.799. The maximum absolute atomic E-state index is 11.9. The van der Waals surface area contributed by atoms with Crippen molar-refractivity contribution in [1.29, 1.82) is 0 Å². The zero-order valence-electron chi connectivity index (χ0n) is 11.7. The van der Waals surface area contributed by atoms with Gasteiger partial charge in [0.25, 0.3) is 5.91 Å². The van der Waals surface area contributed by atoms with Crippen LogP contribution in [0.15, 0.2) is 60.7 Å². The standard InChI is InChI=1S/C17H18ClNO2/c18-12-15(11-14-7-3-1-4-8-14)19-17(20)13-21-16-9-5-2-6-10-16/h1-10,15H,11-13H2,(H,19,20). The third kappa shape index (κ3) is 5.48. The van der Waals surface area contributed by atoms with Crippen LogP contribution in [0.5, 0.6) is 5.75 Å². The number of alkyl halides is 1. The molecule has 2 rings (SSSR count). The lowest BCUT2D eigenvalue weighted by Crippen LogP contribution is -2.40. The van der Waals surface area contributed by atoms with Gasteiger partial charge < -0.3 is 10.1 Å². The second-order valence-corrected chi connectivity index (χ2v) is 5.02. The molecule has 0 aliphatic carbocycles. The largest absolute Gasteiger partial charge is 0.484 e. The van der Waals surface area contributed by atoms with Crippen molar-refractivity contribution in [3.05, 3.63) is 66.2 Å². The number of benzene rings is 2. The van der Waals surface area contributed by atoms with Crippen molar-refractivity contribution >= 4 is 17.5 Å². The molecule has 21 heavy (non-hydrogen) atoms. The number of halogens is 1. The summed E-state index contributed by atoms with van der Waals surface area (Å²) in [7, 11) is 0. The van der Waals surface area contributed by atoms with Crippen molar-refractivity contribution in [1.82, 2.24) is 5.32 Å². The average Bonchev–Trinajstić information content (AvgIpc) is 2.54. The summed E-state index contributed by atoms with van der Waals surface area (Å²) in [6, 6.07) is 19.1. The highest BCUT2D eigenvalue weighted by Gasteiger charge is 2.12. The number of carbonyl (C=O) groups is 1. The Morgan fingerprint density at radius 3 is 2.29 bits per heavy atom. The molecule has 0 bridgehead atoms. The van der Waals surface area contributed by atoms with Crippen molar-refractivity contribution in [3.8, 4) is 5.75 Å². The number of nitrogens with one attached hydrogen (secondary N) is 1. The van der Waals surface area contributed by atoms with Crippen LogP contribution in [0.1, 0.15) is 5.56 Å². The van der Waals surface area contributed by atoms with Gasteiger partial charge in [-0.05, 0) is 24.1 Å². The summed E-state index contributed by atoms with van der Waals surface area (Å²) in [6.45, 7) is -0.00775. The Hall–Kier alpha value is -2.00. The van der Waals surface area contributed by atoms with Crippen molar-refractivity contribution in [2.24, 2.45) is 0 Å². The van der Waals surface area contributed by atoms with E-state index in [1.54, 1.807) is 0 Å². The number of carbonyl (C=O) groups excluding carboxylic acids is 1. The predicted molar refractivity (Wildman–Crippen MR) is 84.7 cm³/mol. The van der Waals surface area contributed by atoms with Crippen LogP contribution in [-0.4, -0.2) is 24.4 Å². The van der Waals surface area contributed by atoms with Crippen molar-refractivity contribution in [2.45, 2.75) is 12.5 Å². The summed E-state index contributed by atoms with van der Waals surface area (Å²) in [5.41, 5.74) is 1.15. The van der Waals surface area contributed by atoms with E-state index in [4.69, 9.17) is 16.3 Å². The van der Waals surface area contributed by atoms with Gasteiger partial charge in [0, 0.05) is 11.9 Å². The predicted octanol–water partition coefficient (Wildman–Crippen LogP) is 3.03. The summed E-state index contributed by atoms with van der Waals surface area (Å²) < 4.78 is 5.41. The number of rotatable bonds is 7. The van der Waals surface area contributed by atoms with Gasteiger partial charge in [-0.2, -0.15) is 0 Å². The molecule has 3 nitrogen and oxygen atoms in total. The van der Waals surface area contributed by atoms with Crippen molar-refractivity contribution in [3.63, 3.8) is 0 Å². The Morgan fingerprint density at radius 1 is 1.05 bits per heavy atom. The molecule has 1 atom stereocenters. The molecule has 2 aromatic carbocycles. The second-order valence-electron chi connectivity index (χ2n) is 4.71. The molecule has 0 saturated heterocycles. The molecule has 110 valence electrons. The zero-order chi connectivity index (χ0) is 14.9. The molecule has 0 heterocycles. The Kier molecular flexibility index (Phi) is 6.10. The van der Waals surface area contributed by atoms with Crippen LogP contribution in [0.25, 0.3) is 0 Å². The lowest BCUT2D eigenvalue weighted by atomic mass is 10.1. The molecule has 0 spiro atoms. The Labute approximate surface area is 129 Å². The van der Waals surface area contributed by atoms with E-state index in [2.05, 4.69) is 5.32 Å². The Morgan fingerprint density at radius 2 is 1.67 bits per heavy atom. The molecule has 1 N–H and O–H groups in total. The molecular weight excluding hydrogens is 286 g/mol. The van der Waals surface area contributed by atoms with E-state index in [1.807, 2.05) is 60.7 Å². The van der Waals surface area contributed by atoms with Crippen LogP contribution >= 0.6 is 11.6 Å². The highest BCUT2D eigenvalue weighted by molar-refractivity contribution is 6.18. The molecule has 1 unspecified atom stereocenters. The monoisotopic (exact) mass is 303 g/mol. The SMILES string of the molecule is O=C(COc1ccccc1)NC(CCl)Cc1ccccc1. The van der Waals surface area contributed by atoms with Gasteiger partial charge in [0.05, 0.1) is 0 Å². The van der Waals surface area contributed by atoms with E-state index in [1.165, 1.54) is 0 Å².